The van der Waals surface area contributed by atoms with E-state index in [4.69, 9.17) is 16.3 Å². The minimum atomic E-state index is -1.02. The summed E-state index contributed by atoms with van der Waals surface area (Å²) >= 11 is 6.46. The number of halogens is 1. The fourth-order valence-corrected chi connectivity index (χ4v) is 5.16. The molecule has 5 rings (SSSR count). The number of carbonyl (C=O) groups excluding carboxylic acids is 1. The molecule has 0 aliphatic carbocycles. The van der Waals surface area contributed by atoms with Crippen molar-refractivity contribution in [2.45, 2.75) is 31.5 Å². The Labute approximate surface area is 220 Å². The van der Waals surface area contributed by atoms with E-state index < -0.39 is 18.1 Å². The first-order valence-corrected chi connectivity index (χ1v) is 12.6. The monoisotopic (exact) mass is 511 g/mol. The van der Waals surface area contributed by atoms with Gasteiger partial charge in [-0.05, 0) is 53.8 Å². The quantitative estimate of drug-likeness (QED) is 0.289. The van der Waals surface area contributed by atoms with E-state index in [-0.39, 0.29) is 5.91 Å². The first-order chi connectivity index (χ1) is 18.0. The smallest absolute Gasteiger partial charge is 0.326 e. The SMILES string of the molecule is O=C(O)[C@@H]1CC[C@H](c2ccccc2Cl)N1C(=O)c1ccc(-c2ccccc2)c(OCc2ccccc2)c1. The average Bonchev–Trinajstić information content (AvgIpc) is 3.38. The number of benzene rings is 4. The van der Waals surface area contributed by atoms with Gasteiger partial charge in [-0.3, -0.25) is 4.79 Å². The third-order valence-corrected chi connectivity index (χ3v) is 7.06. The van der Waals surface area contributed by atoms with Crippen molar-refractivity contribution in [3.8, 4) is 16.9 Å². The molecule has 1 saturated heterocycles. The van der Waals surface area contributed by atoms with Gasteiger partial charge in [0.15, 0.2) is 0 Å². The van der Waals surface area contributed by atoms with Crippen molar-refractivity contribution in [2.75, 3.05) is 0 Å². The predicted octanol–water partition coefficient (Wildman–Crippen LogP) is 7.02. The van der Waals surface area contributed by atoms with E-state index in [1.165, 1.54) is 4.90 Å². The molecule has 1 N–H and O–H groups in total. The van der Waals surface area contributed by atoms with Crippen LogP contribution in [0.2, 0.25) is 5.02 Å². The van der Waals surface area contributed by atoms with E-state index in [1.54, 1.807) is 18.2 Å². The maximum Gasteiger partial charge on any atom is 0.326 e. The Morgan fingerprint density at radius 2 is 1.54 bits per heavy atom. The molecule has 0 bridgehead atoms. The van der Waals surface area contributed by atoms with Crippen LogP contribution < -0.4 is 4.74 Å². The highest BCUT2D eigenvalue weighted by Crippen LogP contribution is 2.41. The van der Waals surface area contributed by atoms with Crippen LogP contribution in [0.25, 0.3) is 11.1 Å². The molecule has 4 aromatic rings. The normalized spacial score (nSPS) is 16.9. The highest BCUT2D eigenvalue weighted by atomic mass is 35.5. The standard InChI is InChI=1S/C31H26ClNO4/c32-26-14-8-7-13-25(26)27-17-18-28(31(35)36)33(27)30(34)23-15-16-24(22-11-5-2-6-12-22)29(19-23)37-20-21-9-3-1-4-10-21/h1-16,19,27-28H,17-18,20H2,(H,35,36)/t27-,28+/m1/s1. The Morgan fingerprint density at radius 3 is 2.24 bits per heavy atom. The van der Waals surface area contributed by atoms with Crippen molar-refractivity contribution in [3.63, 3.8) is 0 Å². The minimum absolute atomic E-state index is 0.335. The van der Waals surface area contributed by atoms with Gasteiger partial charge in [0.05, 0.1) is 6.04 Å². The Hall–Kier alpha value is -4.09. The maximum atomic E-state index is 13.9. The number of hydrogen-bond acceptors (Lipinski definition) is 3. The molecule has 0 saturated carbocycles. The van der Waals surface area contributed by atoms with E-state index in [2.05, 4.69) is 0 Å². The number of carboxylic acid groups (broad SMARTS) is 1. The molecule has 1 aliphatic heterocycles. The number of carboxylic acids is 1. The highest BCUT2D eigenvalue weighted by molar-refractivity contribution is 6.31. The molecule has 4 aromatic carbocycles. The van der Waals surface area contributed by atoms with Crippen molar-refractivity contribution in [1.82, 2.24) is 4.90 Å². The predicted molar refractivity (Wildman–Crippen MR) is 144 cm³/mol. The topological polar surface area (TPSA) is 66.8 Å². The fraction of sp³-hybridized carbons (Fsp3) is 0.161. The van der Waals surface area contributed by atoms with E-state index in [0.717, 1.165) is 22.3 Å². The highest BCUT2D eigenvalue weighted by Gasteiger charge is 2.42. The van der Waals surface area contributed by atoms with Gasteiger partial charge in [0.2, 0.25) is 0 Å². The summed E-state index contributed by atoms with van der Waals surface area (Å²) in [6.45, 7) is 0.335. The number of nitrogens with zero attached hydrogens (tertiary/aromatic N) is 1. The van der Waals surface area contributed by atoms with Gasteiger partial charge in [0.1, 0.15) is 18.4 Å². The molecule has 1 fully saturated rings. The maximum absolute atomic E-state index is 13.9. The summed E-state index contributed by atoms with van der Waals surface area (Å²) in [5, 5.41) is 10.4. The van der Waals surface area contributed by atoms with Crippen molar-refractivity contribution in [1.29, 1.82) is 0 Å². The zero-order chi connectivity index (χ0) is 25.8. The van der Waals surface area contributed by atoms with Crippen molar-refractivity contribution in [2.24, 2.45) is 0 Å². The first kappa shape index (κ1) is 24.6. The van der Waals surface area contributed by atoms with Gasteiger partial charge in [-0.2, -0.15) is 0 Å². The number of hydrogen-bond donors (Lipinski definition) is 1. The van der Waals surface area contributed by atoms with Crippen LogP contribution in [0.3, 0.4) is 0 Å². The molecule has 1 amide bonds. The average molecular weight is 512 g/mol. The molecular formula is C31H26ClNO4. The molecule has 2 atom stereocenters. The molecule has 6 heteroatoms. The first-order valence-electron chi connectivity index (χ1n) is 12.2. The summed E-state index contributed by atoms with van der Waals surface area (Å²) in [6.07, 6.45) is 0.877. The van der Waals surface area contributed by atoms with Gasteiger partial charge in [0.25, 0.3) is 5.91 Å². The second-order valence-electron chi connectivity index (χ2n) is 9.03. The molecule has 0 unspecified atom stereocenters. The van der Waals surface area contributed by atoms with Crippen LogP contribution in [-0.4, -0.2) is 27.9 Å². The summed E-state index contributed by atoms with van der Waals surface area (Å²) in [6, 6.07) is 30.9. The summed E-state index contributed by atoms with van der Waals surface area (Å²) in [5.41, 5.74) is 3.94. The lowest BCUT2D eigenvalue weighted by molar-refractivity contribution is -0.141. The third-order valence-electron chi connectivity index (χ3n) is 6.72. The number of rotatable bonds is 7. The number of likely N-dealkylation sites (tertiary alicyclic amines) is 1. The second-order valence-corrected chi connectivity index (χ2v) is 9.44. The summed E-state index contributed by atoms with van der Waals surface area (Å²) in [5.74, 6) is -0.829. The van der Waals surface area contributed by atoms with E-state index in [0.29, 0.717) is 35.8 Å². The molecule has 0 radical (unpaired) electrons. The molecule has 0 aromatic heterocycles. The zero-order valence-electron chi connectivity index (χ0n) is 20.1. The summed E-state index contributed by atoms with van der Waals surface area (Å²) in [4.78, 5) is 27.5. The van der Waals surface area contributed by atoms with E-state index >= 15 is 0 Å². The van der Waals surface area contributed by atoms with Crippen LogP contribution in [0, 0.1) is 0 Å². The Kier molecular flexibility index (Phi) is 7.24. The molecular weight excluding hydrogens is 486 g/mol. The van der Waals surface area contributed by atoms with Crippen LogP contribution in [0.4, 0.5) is 0 Å². The fourth-order valence-electron chi connectivity index (χ4n) is 4.90. The van der Waals surface area contributed by atoms with E-state index in [9.17, 15) is 14.7 Å². The number of aliphatic carboxylic acids is 1. The molecule has 1 heterocycles. The Morgan fingerprint density at radius 1 is 0.865 bits per heavy atom. The molecule has 1 aliphatic rings. The van der Waals surface area contributed by atoms with Crippen LogP contribution in [0.1, 0.15) is 40.4 Å². The number of carbonyl (C=O) groups is 2. The third kappa shape index (κ3) is 5.23. The zero-order valence-corrected chi connectivity index (χ0v) is 20.8. The summed E-state index contributed by atoms with van der Waals surface area (Å²) in [7, 11) is 0. The molecule has 37 heavy (non-hydrogen) atoms. The van der Waals surface area contributed by atoms with E-state index in [1.807, 2.05) is 84.9 Å². The molecule has 5 nitrogen and oxygen atoms in total. The Bertz CT molecular complexity index is 1410. The van der Waals surface area contributed by atoms with Crippen LogP contribution in [0.5, 0.6) is 5.75 Å². The van der Waals surface area contributed by atoms with Crippen molar-refractivity contribution in [3.05, 3.63) is 125 Å². The van der Waals surface area contributed by atoms with Gasteiger partial charge in [-0.15, -0.1) is 0 Å². The second kappa shape index (κ2) is 10.9. The van der Waals surface area contributed by atoms with Crippen LogP contribution in [-0.2, 0) is 11.4 Å². The minimum Gasteiger partial charge on any atom is -0.488 e. The number of ether oxygens (including phenoxy) is 1. The summed E-state index contributed by atoms with van der Waals surface area (Å²) < 4.78 is 6.23. The van der Waals surface area contributed by atoms with Gasteiger partial charge < -0.3 is 14.7 Å². The van der Waals surface area contributed by atoms with Crippen molar-refractivity contribution >= 4 is 23.5 Å². The van der Waals surface area contributed by atoms with Gasteiger partial charge >= 0.3 is 5.97 Å². The van der Waals surface area contributed by atoms with Gasteiger partial charge in [-0.1, -0.05) is 90.5 Å². The van der Waals surface area contributed by atoms with Gasteiger partial charge in [-0.25, -0.2) is 4.79 Å². The van der Waals surface area contributed by atoms with Crippen molar-refractivity contribution < 1.29 is 19.4 Å². The van der Waals surface area contributed by atoms with Gasteiger partial charge in [0, 0.05) is 16.1 Å². The van der Waals surface area contributed by atoms with Crippen LogP contribution >= 0.6 is 11.6 Å². The largest absolute Gasteiger partial charge is 0.488 e. The molecule has 0 spiro atoms. The molecule has 186 valence electrons. The van der Waals surface area contributed by atoms with Crippen LogP contribution in [0.15, 0.2) is 103 Å². The lowest BCUT2D eigenvalue weighted by atomic mass is 10.0. The lowest BCUT2D eigenvalue weighted by Crippen LogP contribution is -2.41. The lowest BCUT2D eigenvalue weighted by Gasteiger charge is -2.29. The Balaban J connectivity index is 1.52. The number of amides is 1.